The summed E-state index contributed by atoms with van der Waals surface area (Å²) in [5.41, 5.74) is 10.8. The molecule has 27 nitrogen and oxygen atoms in total. The Kier molecular flexibility index (Phi) is 34.9. The number of benzene rings is 5. The quantitative estimate of drug-likeness (QED) is 0.0297. The van der Waals surface area contributed by atoms with Crippen LogP contribution in [0.4, 0.5) is 40.1 Å². The molecular weight excluding hydrogens is 1440 g/mol. The highest BCUT2D eigenvalue weighted by Gasteiger charge is 2.22. The zero-order valence-electron chi connectivity index (χ0n) is 67.6. The van der Waals surface area contributed by atoms with Gasteiger partial charge in [-0.3, -0.25) is 63.5 Å². The molecule has 0 saturated carbocycles. The van der Waals surface area contributed by atoms with E-state index in [9.17, 15) is 33.6 Å². The van der Waals surface area contributed by atoms with Crippen LogP contribution in [-0.4, -0.2) is 149 Å². The molecule has 0 bridgehead atoms. The van der Waals surface area contributed by atoms with E-state index in [2.05, 4.69) is 106 Å². The summed E-state index contributed by atoms with van der Waals surface area (Å²) in [6.45, 7) is 32.0. The minimum atomic E-state index is -0.342. The molecule has 2 aromatic heterocycles. The smallest absolute Gasteiger partial charge is 0.295 e. The first-order chi connectivity index (χ1) is 54.5. The number of amides is 6. The average Bonchev–Trinajstić information content (AvgIpc) is 1.52. The number of anilines is 7. The number of aliphatic imine (C=N–C) groups is 5. The fraction of sp³-hybridized carbons (Fsp3) is 0.310. The summed E-state index contributed by atoms with van der Waals surface area (Å²) in [4.78, 5) is 113. The van der Waals surface area contributed by atoms with Crippen molar-refractivity contribution in [3.8, 4) is 0 Å². The van der Waals surface area contributed by atoms with Crippen molar-refractivity contribution < 1.29 is 38.0 Å². The van der Waals surface area contributed by atoms with Gasteiger partial charge in [-0.2, -0.15) is 0 Å². The first kappa shape index (κ1) is 88.0. The highest BCUT2D eigenvalue weighted by molar-refractivity contribution is 6.15. The molecule has 0 spiro atoms. The van der Waals surface area contributed by atoms with Gasteiger partial charge >= 0.3 is 0 Å². The van der Waals surface area contributed by atoms with E-state index < -0.39 is 0 Å². The van der Waals surface area contributed by atoms with Crippen molar-refractivity contribution >= 4 is 111 Å². The molecule has 114 heavy (non-hydrogen) atoms. The van der Waals surface area contributed by atoms with Gasteiger partial charge in [0.05, 0.1) is 38.9 Å². The molecule has 5 aliphatic rings. The van der Waals surface area contributed by atoms with E-state index in [1.807, 2.05) is 211 Å². The molecule has 0 unspecified atom stereocenters. The maximum atomic E-state index is 12.2. The maximum absolute atomic E-state index is 12.2. The topological polar surface area (TPSA) is 365 Å². The predicted octanol–water partition coefficient (Wildman–Crippen LogP) is 13.0. The molecule has 0 fully saturated rings. The van der Waals surface area contributed by atoms with Crippen LogP contribution < -0.4 is 63.8 Å². The third kappa shape index (κ3) is 31.6. The molecule has 598 valence electrons. The Morgan fingerprint density at radius 3 is 1.00 bits per heavy atom. The number of oxazole rings is 1. The molecule has 27 heteroatoms. The van der Waals surface area contributed by atoms with E-state index in [1.165, 1.54) is 24.2 Å². The van der Waals surface area contributed by atoms with Crippen LogP contribution in [-0.2, 0) is 30.4 Å². The number of aromatic nitrogens is 2. The number of Topliss-reactive ketones (excluding diaryl/α,β-unsaturated/α-hetero) is 1. The molecule has 7 heterocycles. The average molecular weight is 1550 g/mol. The van der Waals surface area contributed by atoms with Crippen molar-refractivity contribution in [2.24, 2.45) is 25.0 Å². The van der Waals surface area contributed by atoms with Gasteiger partial charge in [0.15, 0.2) is 5.78 Å². The number of para-hydroxylation sites is 2. The van der Waals surface area contributed by atoms with Crippen molar-refractivity contribution in [3.05, 3.63) is 245 Å². The number of amidine groups is 5. The van der Waals surface area contributed by atoms with E-state index in [0.717, 1.165) is 58.3 Å². The number of ketones is 1. The third-order valence-electron chi connectivity index (χ3n) is 15.9. The molecule has 0 saturated heterocycles. The molecule has 12 rings (SSSR count). The van der Waals surface area contributed by atoms with Crippen molar-refractivity contribution in [2.75, 3.05) is 69.9 Å². The lowest BCUT2D eigenvalue weighted by Crippen LogP contribution is -2.28. The van der Waals surface area contributed by atoms with Crippen LogP contribution in [0.2, 0.25) is 0 Å². The Balaban J connectivity index is 0.000000190. The van der Waals surface area contributed by atoms with E-state index in [1.54, 1.807) is 67.0 Å². The molecule has 6 amide bonds. The second kappa shape index (κ2) is 45.2. The Morgan fingerprint density at radius 2 is 0.667 bits per heavy atom. The number of aryl methyl sites for hydroxylation is 2. The fourth-order valence-electron chi connectivity index (χ4n) is 10.4. The van der Waals surface area contributed by atoms with Gasteiger partial charge in [0.1, 0.15) is 29.2 Å². The number of carbonyl (C=O) groups excluding carboxylic acids is 7. The molecule has 0 radical (unpaired) electrons. The lowest BCUT2D eigenvalue weighted by molar-refractivity contribution is -0.113. The summed E-state index contributed by atoms with van der Waals surface area (Å²) in [7, 11) is 0. The van der Waals surface area contributed by atoms with Crippen LogP contribution in [0.25, 0.3) is 0 Å². The fourth-order valence-corrected chi connectivity index (χ4v) is 10.4. The van der Waals surface area contributed by atoms with Gasteiger partial charge < -0.3 is 68.2 Å². The maximum Gasteiger partial charge on any atom is 0.295 e. The number of carbonyl (C=O) groups is 7. The summed E-state index contributed by atoms with van der Waals surface area (Å²) in [5.74, 6) is 3.09. The monoisotopic (exact) mass is 1550 g/mol. The Bertz CT molecular complexity index is 4650. The second-order valence-electron chi connectivity index (χ2n) is 28.4. The SMILES string of the molecule is CC(=O)c1cccc(NC(=O)C2=CC(NC(C)C)=NC2)c1.CC(C)NC1=NCC(C(=O)Nc2ccccc2)=C1.CC(C)NC1=NCC(C(=O)Nc2ccccc2)=C1.CC(C)Nc1ncc(C(=O)Nc2ccncc2)o1.CCc1ccc(NC(=O)C2=CC(NC(C)C)=NC2)cc1.Cc1ccc(NC(=O)C2=CC(NC(C)C)=NC2)cc1. The van der Waals surface area contributed by atoms with Gasteiger partial charge in [-0.25, -0.2) is 4.98 Å². The summed E-state index contributed by atoms with van der Waals surface area (Å²) < 4.78 is 5.28. The van der Waals surface area contributed by atoms with Gasteiger partial charge in [-0.1, -0.05) is 85.3 Å². The predicted molar refractivity (Wildman–Crippen MR) is 460 cm³/mol. The minimum Gasteiger partial charge on any atom is -0.418 e. The van der Waals surface area contributed by atoms with Crippen LogP contribution in [0.15, 0.2) is 252 Å². The normalized spacial score (nSPS) is 13.4. The van der Waals surface area contributed by atoms with Gasteiger partial charge in [-0.15, -0.1) is 0 Å². The Morgan fingerprint density at radius 1 is 0.360 bits per heavy atom. The molecular formula is C87H107N19O8. The highest BCUT2D eigenvalue weighted by atomic mass is 16.4. The van der Waals surface area contributed by atoms with Crippen LogP contribution >= 0.6 is 0 Å². The number of rotatable bonds is 21. The van der Waals surface area contributed by atoms with E-state index >= 15 is 0 Å². The lowest BCUT2D eigenvalue weighted by atomic mass is 10.1. The van der Waals surface area contributed by atoms with Crippen LogP contribution in [0.1, 0.15) is 129 Å². The lowest BCUT2D eigenvalue weighted by Gasteiger charge is -2.07. The molecule has 0 atom stereocenters. The van der Waals surface area contributed by atoms with Crippen LogP contribution in [0.5, 0.6) is 0 Å². The summed E-state index contributed by atoms with van der Waals surface area (Å²) in [6, 6.07) is 46.9. The Labute approximate surface area is 668 Å². The van der Waals surface area contributed by atoms with Crippen molar-refractivity contribution in [3.63, 3.8) is 0 Å². The van der Waals surface area contributed by atoms with Crippen molar-refractivity contribution in [2.45, 2.75) is 147 Å². The standard InChI is InChI=1S/C16H19N3O2.C16H21N3O.C15H19N3O.2C14H17N3O.C12H14N4O2/c1-10(2)18-15-8-13(9-17-15)16(21)19-14-6-4-5-12(7-14)11(3)20;1-4-12-5-7-14(8-6-12)19-16(20)13-9-15(17-10-13)18-11(2)3;1-10(2)17-14-8-12(9-16-14)15(19)18-13-6-4-11(3)5-7-13;2*1-10(2)16-13-8-11(9-15-13)14(18)17-12-6-4-3-5-7-12;1-8(2)15-12-14-7-10(18-12)11(17)16-9-3-5-13-6-4-9/h4-8,10H,9H2,1-3H3,(H,17,18)(H,19,21);5-9,11H,4,10H2,1-3H3,(H,17,18)(H,19,20);4-8,10H,9H2,1-3H3,(H,16,17)(H,18,19);2*3-8,10H,9H2,1-2H3,(H,15,16)(H,17,18);3-8H,1-2H3,(H,14,15)(H,13,16,17). The van der Waals surface area contributed by atoms with Crippen molar-refractivity contribution in [1.82, 2.24) is 36.6 Å². The van der Waals surface area contributed by atoms with Crippen LogP contribution in [0.3, 0.4) is 0 Å². The highest BCUT2D eigenvalue weighted by Crippen LogP contribution is 2.20. The van der Waals surface area contributed by atoms with E-state index in [0.29, 0.717) is 108 Å². The second-order valence-corrected chi connectivity index (χ2v) is 28.4. The summed E-state index contributed by atoms with van der Waals surface area (Å²) in [6.07, 6.45) is 14.6. The van der Waals surface area contributed by atoms with Gasteiger partial charge in [0, 0.05) is 116 Å². The minimum absolute atomic E-state index is 0.0297. The number of pyridine rings is 1. The number of hydrogen-bond donors (Lipinski definition) is 12. The largest absolute Gasteiger partial charge is 0.418 e. The summed E-state index contributed by atoms with van der Waals surface area (Å²) in [5, 5.41) is 35.9. The molecule has 7 aromatic rings. The van der Waals surface area contributed by atoms with Crippen molar-refractivity contribution in [1.29, 1.82) is 0 Å². The number of nitrogens with one attached hydrogen (secondary N) is 12. The van der Waals surface area contributed by atoms with E-state index in [-0.39, 0.29) is 59.1 Å². The zero-order valence-corrected chi connectivity index (χ0v) is 67.6. The molecule has 5 aromatic carbocycles. The Hall–Kier alpha value is -13.2. The third-order valence-corrected chi connectivity index (χ3v) is 15.9. The summed E-state index contributed by atoms with van der Waals surface area (Å²) >= 11 is 0. The van der Waals surface area contributed by atoms with Gasteiger partial charge in [-0.05, 0) is 212 Å². The first-order valence-electron chi connectivity index (χ1n) is 38.0. The first-order valence-corrected chi connectivity index (χ1v) is 38.0. The van der Waals surface area contributed by atoms with Gasteiger partial charge in [0.25, 0.3) is 41.5 Å². The van der Waals surface area contributed by atoms with Crippen LogP contribution in [0, 0.1) is 6.92 Å². The molecule has 12 N–H and O–H groups in total. The number of hydrogen-bond acceptors (Lipinski definition) is 21. The van der Waals surface area contributed by atoms with E-state index in [4.69, 9.17) is 4.42 Å². The number of nitrogens with zero attached hydrogens (tertiary/aromatic N) is 7. The molecule has 5 aliphatic heterocycles. The molecule has 0 aliphatic carbocycles. The zero-order chi connectivity index (χ0) is 82.6. The van der Waals surface area contributed by atoms with Gasteiger partial charge in [0.2, 0.25) is 5.76 Å².